The fourth-order valence-electron chi connectivity index (χ4n) is 11.1. The molecule has 326 valence electrons. The average Bonchev–Trinajstić information content (AvgIpc) is 3.95. The third-order valence-electron chi connectivity index (χ3n) is 15.2. The number of fused-ring (bicyclic) bond motifs is 4. The minimum Gasteiger partial charge on any atom is -0.481 e. The van der Waals surface area contributed by atoms with Gasteiger partial charge in [0.15, 0.2) is 5.82 Å². The van der Waals surface area contributed by atoms with Crippen molar-refractivity contribution >= 4 is 58.3 Å². The first-order valence-corrected chi connectivity index (χ1v) is 22.6. The minimum atomic E-state index is -0.715. The fraction of sp³-hybridized carbons (Fsp3) is 0.489. The number of carbonyl (C=O) groups is 4. The van der Waals surface area contributed by atoms with Gasteiger partial charge in [-0.2, -0.15) is 0 Å². The molecule has 3 saturated carbocycles. The van der Waals surface area contributed by atoms with Gasteiger partial charge in [0.05, 0.1) is 37.9 Å². The van der Waals surface area contributed by atoms with Crippen molar-refractivity contribution in [2.24, 2.45) is 23.3 Å². The van der Waals surface area contributed by atoms with Crippen molar-refractivity contribution < 1.29 is 29.4 Å². The lowest BCUT2D eigenvalue weighted by atomic mass is 9.73. The molecule has 2 aromatic carbocycles. The van der Waals surface area contributed by atoms with Crippen molar-refractivity contribution in [3.8, 4) is 11.1 Å². The molecule has 0 saturated heterocycles. The van der Waals surface area contributed by atoms with Gasteiger partial charge in [-0.3, -0.25) is 34.0 Å². The smallest absolute Gasteiger partial charge is 0.309 e. The van der Waals surface area contributed by atoms with Crippen molar-refractivity contribution in [3.05, 3.63) is 92.7 Å². The van der Waals surface area contributed by atoms with Crippen LogP contribution in [-0.2, 0) is 42.6 Å². The standard InChI is InChI=1S/C47H53Cl2N7O6/c1-45(43(59)60)13-9-30(10-14-45)56-21-11-28-23-35(50-24-29(28)25-56)41(57)52-33-7-3-5-31(38(33)48)32-6-4-8-34(39(32)49)53-42(58)40-51-36-26-55(20-12-37(36)54(40)2)22-19-46-15-17-47(27-46,18-16-46)44(61)62/h3-8,23-24,30H,9-22,25-27H2,1-2H3,(H,52,57)(H,53,58)(H,59,60)(H,61,62). The number of nitrogens with zero attached hydrogens (tertiary/aromatic N) is 5. The van der Waals surface area contributed by atoms with Crippen LogP contribution >= 0.6 is 23.2 Å². The summed E-state index contributed by atoms with van der Waals surface area (Å²) in [6.45, 7) is 5.77. The molecule has 4 N–H and O–H groups in total. The third kappa shape index (κ3) is 7.79. The molecule has 0 unspecified atom stereocenters. The van der Waals surface area contributed by atoms with E-state index in [0.29, 0.717) is 53.8 Å². The zero-order valence-corrected chi connectivity index (χ0v) is 36.7. The second kappa shape index (κ2) is 16.4. The van der Waals surface area contributed by atoms with Crippen molar-refractivity contribution in [1.82, 2.24) is 24.3 Å². The number of hydrogen-bond acceptors (Lipinski definition) is 8. The van der Waals surface area contributed by atoms with E-state index in [-0.39, 0.29) is 27.1 Å². The summed E-state index contributed by atoms with van der Waals surface area (Å²) in [6.07, 6.45) is 11.7. The van der Waals surface area contributed by atoms with Crippen molar-refractivity contribution in [1.29, 1.82) is 0 Å². The lowest BCUT2D eigenvalue weighted by molar-refractivity contribution is -0.150. The zero-order valence-electron chi connectivity index (χ0n) is 35.2. The topological polar surface area (TPSA) is 170 Å². The maximum Gasteiger partial charge on any atom is 0.309 e. The zero-order chi connectivity index (χ0) is 43.6. The molecule has 0 spiro atoms. The van der Waals surface area contributed by atoms with Gasteiger partial charge in [0.2, 0.25) is 0 Å². The summed E-state index contributed by atoms with van der Waals surface area (Å²) in [5, 5.41) is 26.0. The Morgan fingerprint density at radius 1 is 0.823 bits per heavy atom. The maximum atomic E-state index is 13.8. The molecule has 2 amide bonds. The van der Waals surface area contributed by atoms with Crippen LogP contribution < -0.4 is 10.6 Å². The summed E-state index contributed by atoms with van der Waals surface area (Å²) < 4.78 is 1.86. The largest absolute Gasteiger partial charge is 0.481 e. The molecule has 2 bridgehead atoms. The molecule has 5 aliphatic rings. The van der Waals surface area contributed by atoms with Gasteiger partial charge in [-0.1, -0.05) is 47.5 Å². The molecule has 0 atom stereocenters. The summed E-state index contributed by atoms with van der Waals surface area (Å²) >= 11 is 14.0. The molecule has 4 aromatic rings. The Balaban J connectivity index is 0.833. The van der Waals surface area contributed by atoms with E-state index in [4.69, 9.17) is 28.2 Å². The fourth-order valence-corrected chi connectivity index (χ4v) is 11.6. The lowest BCUT2D eigenvalue weighted by Gasteiger charge is -2.41. The minimum absolute atomic E-state index is 0.124. The first-order valence-electron chi connectivity index (χ1n) is 21.8. The van der Waals surface area contributed by atoms with Crippen LogP contribution in [0.2, 0.25) is 10.0 Å². The van der Waals surface area contributed by atoms with Gasteiger partial charge in [-0.25, -0.2) is 4.98 Å². The number of rotatable bonds is 11. The molecule has 9 rings (SSSR count). The van der Waals surface area contributed by atoms with E-state index in [1.54, 1.807) is 30.5 Å². The van der Waals surface area contributed by atoms with Crippen LogP contribution in [0.1, 0.15) is 115 Å². The van der Waals surface area contributed by atoms with E-state index in [9.17, 15) is 29.4 Å². The van der Waals surface area contributed by atoms with Gasteiger partial charge in [-0.05, 0) is 119 Å². The number of halogens is 2. The molecule has 13 nitrogen and oxygen atoms in total. The van der Waals surface area contributed by atoms with Gasteiger partial charge < -0.3 is 25.4 Å². The number of pyridine rings is 1. The summed E-state index contributed by atoms with van der Waals surface area (Å²) in [6, 6.07) is 12.8. The second-order valence-electron chi connectivity index (χ2n) is 18.8. The first kappa shape index (κ1) is 42.5. The highest BCUT2D eigenvalue weighted by atomic mass is 35.5. The van der Waals surface area contributed by atoms with Gasteiger partial charge >= 0.3 is 11.9 Å². The monoisotopic (exact) mass is 881 g/mol. The Morgan fingerprint density at radius 2 is 1.48 bits per heavy atom. The highest BCUT2D eigenvalue weighted by Crippen LogP contribution is 2.63. The molecule has 4 heterocycles. The van der Waals surface area contributed by atoms with Crippen LogP contribution in [0.3, 0.4) is 0 Å². The Labute approximate surface area is 371 Å². The van der Waals surface area contributed by atoms with E-state index in [0.717, 1.165) is 113 Å². The molecule has 0 radical (unpaired) electrons. The normalized spacial score (nSPS) is 25.8. The van der Waals surface area contributed by atoms with Crippen molar-refractivity contribution in [2.45, 2.75) is 103 Å². The summed E-state index contributed by atoms with van der Waals surface area (Å²) in [5.74, 6) is -1.84. The molecular weight excluding hydrogens is 829 g/mol. The molecule has 15 heteroatoms. The number of anilines is 2. The van der Waals surface area contributed by atoms with E-state index < -0.39 is 28.7 Å². The Kier molecular flexibility index (Phi) is 11.2. The molecule has 62 heavy (non-hydrogen) atoms. The summed E-state index contributed by atoms with van der Waals surface area (Å²) in [5.41, 5.74) is 5.24. The van der Waals surface area contributed by atoms with Crippen LogP contribution in [-0.4, -0.2) is 84.0 Å². The van der Waals surface area contributed by atoms with Crippen LogP contribution in [0.4, 0.5) is 11.4 Å². The first-order chi connectivity index (χ1) is 29.7. The molecule has 3 aliphatic carbocycles. The lowest BCUT2D eigenvalue weighted by Crippen LogP contribution is -2.44. The predicted octanol–water partition coefficient (Wildman–Crippen LogP) is 8.47. The highest BCUT2D eigenvalue weighted by Gasteiger charge is 2.57. The number of carboxylic acid groups (broad SMARTS) is 2. The molecule has 2 aromatic heterocycles. The number of carboxylic acids is 2. The summed E-state index contributed by atoms with van der Waals surface area (Å²) in [7, 11) is 1.86. The van der Waals surface area contributed by atoms with Crippen LogP contribution in [0.25, 0.3) is 11.1 Å². The summed E-state index contributed by atoms with van der Waals surface area (Å²) in [4.78, 5) is 65.2. The average molecular weight is 883 g/mol. The predicted molar refractivity (Wildman–Crippen MR) is 237 cm³/mol. The van der Waals surface area contributed by atoms with E-state index in [1.807, 2.05) is 36.7 Å². The molecular formula is C47H53Cl2N7O6. The molecule has 3 fully saturated rings. The highest BCUT2D eigenvalue weighted by molar-refractivity contribution is 6.40. The number of aliphatic carboxylic acids is 2. The van der Waals surface area contributed by atoms with Crippen molar-refractivity contribution in [2.75, 3.05) is 30.3 Å². The second-order valence-corrected chi connectivity index (χ2v) is 19.6. The van der Waals surface area contributed by atoms with E-state index in [2.05, 4.69) is 25.4 Å². The number of hydrogen-bond donors (Lipinski definition) is 4. The van der Waals surface area contributed by atoms with Gasteiger partial charge in [0.25, 0.3) is 11.8 Å². The number of imidazole rings is 1. The van der Waals surface area contributed by atoms with Crippen LogP contribution in [0, 0.1) is 16.2 Å². The number of benzene rings is 2. The van der Waals surface area contributed by atoms with Crippen LogP contribution in [0.5, 0.6) is 0 Å². The quantitative estimate of drug-likeness (QED) is 0.115. The number of amides is 2. The van der Waals surface area contributed by atoms with Crippen LogP contribution in [0.15, 0.2) is 48.7 Å². The van der Waals surface area contributed by atoms with Gasteiger partial charge in [-0.15, -0.1) is 0 Å². The van der Waals surface area contributed by atoms with E-state index in [1.165, 1.54) is 0 Å². The Hall–Kier alpha value is -4.82. The maximum absolute atomic E-state index is 13.8. The SMILES string of the molecule is Cn1c(C(=O)Nc2cccc(-c3cccc(NC(=O)c4cc5c(cn4)CN(C4CCC(C)(C(=O)O)CC4)CC5)c3Cl)c2Cl)nc2c1CCN(CCC13CCC(C(=O)O)(CC1)C3)C2. The third-order valence-corrected chi connectivity index (χ3v) is 16.0. The van der Waals surface area contributed by atoms with Gasteiger partial charge in [0, 0.05) is 68.7 Å². The van der Waals surface area contributed by atoms with Gasteiger partial charge in [0.1, 0.15) is 5.69 Å². The van der Waals surface area contributed by atoms with E-state index >= 15 is 0 Å². The number of aromatic nitrogens is 3. The number of carbonyl (C=O) groups excluding carboxylic acids is 2. The number of nitrogens with one attached hydrogen (secondary N) is 2. The molecule has 2 aliphatic heterocycles. The Bertz CT molecular complexity index is 2470. The Morgan fingerprint density at radius 3 is 2.11 bits per heavy atom. The van der Waals surface area contributed by atoms with Crippen molar-refractivity contribution in [3.63, 3.8) is 0 Å².